The van der Waals surface area contributed by atoms with Crippen LogP contribution in [-0.4, -0.2) is 22.6 Å². The Bertz CT molecular complexity index is 547. The number of nitrogens with one attached hydrogen (secondary N) is 1. The summed E-state index contributed by atoms with van der Waals surface area (Å²) >= 11 is 0. The quantitative estimate of drug-likeness (QED) is 0.911. The van der Waals surface area contributed by atoms with Crippen LogP contribution < -0.4 is 10.1 Å². The molecule has 20 heavy (non-hydrogen) atoms. The molecule has 1 atom stereocenters. The van der Waals surface area contributed by atoms with Crippen LogP contribution in [0.3, 0.4) is 0 Å². The normalized spacial score (nSPS) is 12.2. The third-order valence-electron chi connectivity index (χ3n) is 3.06. The number of hydrogen-bond donors (Lipinski definition) is 1. The predicted octanol–water partition coefficient (Wildman–Crippen LogP) is 2.73. The fraction of sp³-hybridized carbons (Fsp3) is 0.333. The minimum atomic E-state index is -0.243. The molecule has 2 rings (SSSR count). The van der Waals surface area contributed by atoms with Gasteiger partial charge in [0.15, 0.2) is 0 Å². The smallest absolute Gasteiger partial charge is 0.247 e. The topological polar surface area (TPSA) is 56.1 Å². The van der Waals surface area contributed by atoms with Crippen molar-refractivity contribution in [1.82, 2.24) is 9.55 Å². The first-order valence-corrected chi connectivity index (χ1v) is 6.55. The van der Waals surface area contributed by atoms with Gasteiger partial charge in [-0.15, -0.1) is 0 Å². The molecule has 2 heterocycles. The summed E-state index contributed by atoms with van der Waals surface area (Å²) in [5.74, 6) is 0.658. The number of nitrogens with zero attached hydrogens (tertiary/aromatic N) is 2. The zero-order valence-electron chi connectivity index (χ0n) is 11.9. The van der Waals surface area contributed by atoms with E-state index in [2.05, 4.69) is 10.3 Å². The van der Waals surface area contributed by atoms with Gasteiger partial charge >= 0.3 is 0 Å². The van der Waals surface area contributed by atoms with Gasteiger partial charge in [-0.1, -0.05) is 13.8 Å². The van der Waals surface area contributed by atoms with Crippen LogP contribution in [0.5, 0.6) is 5.88 Å². The van der Waals surface area contributed by atoms with Gasteiger partial charge in [0, 0.05) is 18.5 Å². The maximum atomic E-state index is 12.4. The largest absolute Gasteiger partial charge is 0.481 e. The van der Waals surface area contributed by atoms with Crippen LogP contribution in [0, 0.1) is 5.92 Å². The fourth-order valence-electron chi connectivity index (χ4n) is 2.11. The lowest BCUT2D eigenvalue weighted by atomic mass is 10.0. The van der Waals surface area contributed by atoms with Crippen LogP contribution in [0.25, 0.3) is 0 Å². The van der Waals surface area contributed by atoms with Crippen molar-refractivity contribution in [3.63, 3.8) is 0 Å². The number of methoxy groups -OCH3 is 1. The van der Waals surface area contributed by atoms with Gasteiger partial charge in [0.1, 0.15) is 6.04 Å². The van der Waals surface area contributed by atoms with E-state index in [4.69, 9.17) is 4.74 Å². The molecule has 0 spiro atoms. The van der Waals surface area contributed by atoms with Crippen LogP contribution in [0.2, 0.25) is 0 Å². The van der Waals surface area contributed by atoms with E-state index < -0.39 is 0 Å². The first kappa shape index (κ1) is 14.1. The zero-order valence-corrected chi connectivity index (χ0v) is 11.9. The third kappa shape index (κ3) is 3.17. The molecule has 0 saturated heterocycles. The molecule has 1 amide bonds. The summed E-state index contributed by atoms with van der Waals surface area (Å²) in [6.45, 7) is 4.05. The summed E-state index contributed by atoms with van der Waals surface area (Å²) in [6, 6.07) is 7.08. The zero-order chi connectivity index (χ0) is 14.5. The summed E-state index contributed by atoms with van der Waals surface area (Å²) in [5, 5.41) is 2.89. The minimum Gasteiger partial charge on any atom is -0.481 e. The molecule has 0 fully saturated rings. The van der Waals surface area contributed by atoms with Crippen molar-refractivity contribution < 1.29 is 9.53 Å². The maximum Gasteiger partial charge on any atom is 0.247 e. The molecule has 5 nitrogen and oxygen atoms in total. The van der Waals surface area contributed by atoms with Gasteiger partial charge in [0.25, 0.3) is 0 Å². The number of aromatic nitrogens is 2. The van der Waals surface area contributed by atoms with Crippen LogP contribution in [0.1, 0.15) is 19.9 Å². The Balaban J connectivity index is 2.12. The van der Waals surface area contributed by atoms with Gasteiger partial charge in [-0.05, 0) is 24.1 Å². The second-order valence-electron chi connectivity index (χ2n) is 4.90. The number of amides is 1. The van der Waals surface area contributed by atoms with Crippen LogP contribution in [0.15, 0.2) is 42.9 Å². The van der Waals surface area contributed by atoms with E-state index in [1.54, 1.807) is 25.4 Å². The number of hydrogen-bond acceptors (Lipinski definition) is 3. The Morgan fingerprint density at radius 1 is 1.30 bits per heavy atom. The molecule has 0 aliphatic rings. The predicted molar refractivity (Wildman–Crippen MR) is 77.7 cm³/mol. The Hall–Kier alpha value is -2.30. The average Bonchev–Trinajstić information content (AvgIpc) is 2.93. The molecular weight excluding hydrogens is 254 g/mol. The molecule has 0 bridgehead atoms. The first-order chi connectivity index (χ1) is 9.61. The van der Waals surface area contributed by atoms with Gasteiger partial charge in [-0.2, -0.15) is 0 Å². The van der Waals surface area contributed by atoms with E-state index >= 15 is 0 Å². The maximum absolute atomic E-state index is 12.4. The van der Waals surface area contributed by atoms with E-state index in [0.717, 1.165) is 0 Å². The monoisotopic (exact) mass is 273 g/mol. The highest BCUT2D eigenvalue weighted by Gasteiger charge is 2.23. The molecule has 0 aromatic carbocycles. The second kappa shape index (κ2) is 6.23. The molecule has 106 valence electrons. The number of ether oxygens (including phenoxy) is 1. The van der Waals surface area contributed by atoms with Crippen molar-refractivity contribution >= 4 is 11.6 Å². The van der Waals surface area contributed by atoms with Crippen molar-refractivity contribution in [2.75, 3.05) is 12.4 Å². The average molecular weight is 273 g/mol. The number of carbonyl (C=O) groups excluding carboxylic acids is 1. The number of pyridine rings is 1. The van der Waals surface area contributed by atoms with Crippen LogP contribution >= 0.6 is 0 Å². The van der Waals surface area contributed by atoms with E-state index in [1.165, 1.54) is 0 Å². The summed E-state index contributed by atoms with van der Waals surface area (Å²) < 4.78 is 6.90. The molecule has 2 aromatic rings. The third-order valence-corrected chi connectivity index (χ3v) is 3.06. The van der Waals surface area contributed by atoms with Crippen molar-refractivity contribution in [1.29, 1.82) is 0 Å². The van der Waals surface area contributed by atoms with E-state index in [9.17, 15) is 4.79 Å². The lowest BCUT2D eigenvalue weighted by molar-refractivity contribution is -0.120. The summed E-state index contributed by atoms with van der Waals surface area (Å²) in [5.41, 5.74) is 0.661. The van der Waals surface area contributed by atoms with E-state index in [1.807, 2.05) is 42.9 Å². The Morgan fingerprint density at radius 3 is 2.50 bits per heavy atom. The molecule has 5 heteroatoms. The molecule has 0 aliphatic heterocycles. The first-order valence-electron chi connectivity index (χ1n) is 6.55. The molecule has 2 aromatic heterocycles. The lowest BCUT2D eigenvalue weighted by Crippen LogP contribution is -2.29. The van der Waals surface area contributed by atoms with Gasteiger partial charge in [0.2, 0.25) is 11.8 Å². The van der Waals surface area contributed by atoms with Gasteiger partial charge < -0.3 is 14.6 Å². The van der Waals surface area contributed by atoms with E-state index in [0.29, 0.717) is 11.6 Å². The Morgan fingerprint density at radius 2 is 2.00 bits per heavy atom. The summed E-state index contributed by atoms with van der Waals surface area (Å²) in [7, 11) is 1.56. The number of rotatable bonds is 5. The second-order valence-corrected chi connectivity index (χ2v) is 4.90. The molecule has 0 saturated carbocycles. The Kier molecular flexibility index (Phi) is 4.40. The lowest BCUT2D eigenvalue weighted by Gasteiger charge is -2.22. The molecule has 0 aliphatic carbocycles. The van der Waals surface area contributed by atoms with Crippen LogP contribution in [-0.2, 0) is 4.79 Å². The molecule has 1 N–H and O–H groups in total. The molecular formula is C15H19N3O2. The van der Waals surface area contributed by atoms with E-state index in [-0.39, 0.29) is 17.9 Å². The van der Waals surface area contributed by atoms with Crippen molar-refractivity contribution in [3.8, 4) is 5.88 Å². The summed E-state index contributed by atoms with van der Waals surface area (Å²) in [6.07, 6.45) is 5.39. The highest BCUT2D eigenvalue weighted by molar-refractivity contribution is 5.93. The SMILES string of the molecule is COc1ccc(NC(=O)[C@@H](C(C)C)n2cccc2)cn1. The molecule has 0 radical (unpaired) electrons. The number of carbonyl (C=O) groups is 1. The van der Waals surface area contributed by atoms with Crippen molar-refractivity contribution in [3.05, 3.63) is 42.9 Å². The Labute approximate surface area is 118 Å². The van der Waals surface area contributed by atoms with Gasteiger partial charge in [-0.3, -0.25) is 4.79 Å². The highest BCUT2D eigenvalue weighted by Crippen LogP contribution is 2.20. The van der Waals surface area contributed by atoms with Crippen LogP contribution in [0.4, 0.5) is 5.69 Å². The molecule has 0 unspecified atom stereocenters. The standard InChI is InChI=1S/C15H19N3O2/c1-11(2)14(18-8-4-5-9-18)15(19)17-12-6-7-13(20-3)16-10-12/h4-11,14H,1-3H3,(H,17,19)/t14-/m1/s1. The number of anilines is 1. The summed E-state index contributed by atoms with van der Waals surface area (Å²) in [4.78, 5) is 16.5. The van der Waals surface area contributed by atoms with Crippen molar-refractivity contribution in [2.45, 2.75) is 19.9 Å². The van der Waals surface area contributed by atoms with Gasteiger partial charge in [-0.25, -0.2) is 4.98 Å². The van der Waals surface area contributed by atoms with Gasteiger partial charge in [0.05, 0.1) is 19.0 Å². The fourth-order valence-corrected chi connectivity index (χ4v) is 2.11. The highest BCUT2D eigenvalue weighted by atomic mass is 16.5. The van der Waals surface area contributed by atoms with Crippen molar-refractivity contribution in [2.24, 2.45) is 5.92 Å². The minimum absolute atomic E-state index is 0.0526.